The van der Waals surface area contributed by atoms with E-state index in [1.807, 2.05) is 13.8 Å². The summed E-state index contributed by atoms with van der Waals surface area (Å²) in [5.41, 5.74) is 0.465. The topological polar surface area (TPSA) is 62.5 Å². The third kappa shape index (κ3) is 7.00. The maximum atomic E-state index is 9.07. The van der Waals surface area contributed by atoms with Crippen LogP contribution in [-0.2, 0) is 9.47 Å². The summed E-state index contributed by atoms with van der Waals surface area (Å²) in [6, 6.07) is 0. The number of rotatable bonds is 8. The maximum absolute atomic E-state index is 9.07. The Hall–Kier alpha value is -0.450. The standard InChI is InChI=1S/C10H21NO3/c1-4-13-10(14-5-2)7-9(11)6-8(3)12/h8,10-12H,4-7H2,1-3H3. The van der Waals surface area contributed by atoms with Crippen LogP contribution in [0.25, 0.3) is 0 Å². The first kappa shape index (κ1) is 13.5. The first-order valence-corrected chi connectivity index (χ1v) is 5.07. The lowest BCUT2D eigenvalue weighted by Gasteiger charge is -2.17. The van der Waals surface area contributed by atoms with Gasteiger partial charge in [-0.2, -0.15) is 0 Å². The third-order valence-electron chi connectivity index (χ3n) is 1.66. The van der Waals surface area contributed by atoms with Crippen LogP contribution >= 0.6 is 0 Å². The van der Waals surface area contributed by atoms with Gasteiger partial charge >= 0.3 is 0 Å². The molecule has 0 aliphatic heterocycles. The Morgan fingerprint density at radius 1 is 1.21 bits per heavy atom. The summed E-state index contributed by atoms with van der Waals surface area (Å²) in [6.07, 6.45) is 0.0195. The monoisotopic (exact) mass is 203 g/mol. The number of hydrogen-bond donors (Lipinski definition) is 2. The van der Waals surface area contributed by atoms with Gasteiger partial charge in [0.2, 0.25) is 0 Å². The summed E-state index contributed by atoms with van der Waals surface area (Å²) < 4.78 is 10.6. The normalized spacial score (nSPS) is 13.2. The van der Waals surface area contributed by atoms with Crippen molar-refractivity contribution >= 4 is 5.71 Å². The SMILES string of the molecule is CCOC(CC(=N)CC(C)O)OCC. The van der Waals surface area contributed by atoms with Crippen molar-refractivity contribution in [1.82, 2.24) is 0 Å². The molecule has 0 aromatic heterocycles. The van der Waals surface area contributed by atoms with Gasteiger partial charge in [0.1, 0.15) is 0 Å². The van der Waals surface area contributed by atoms with E-state index in [2.05, 4.69) is 0 Å². The minimum absolute atomic E-state index is 0.337. The molecule has 1 unspecified atom stereocenters. The minimum atomic E-state index is -0.466. The molecule has 0 rings (SSSR count). The van der Waals surface area contributed by atoms with E-state index in [1.165, 1.54) is 0 Å². The van der Waals surface area contributed by atoms with E-state index in [0.717, 1.165) is 0 Å². The highest BCUT2D eigenvalue weighted by atomic mass is 16.7. The van der Waals surface area contributed by atoms with Gasteiger partial charge in [-0.3, -0.25) is 0 Å². The summed E-state index contributed by atoms with van der Waals surface area (Å²) in [7, 11) is 0. The Morgan fingerprint density at radius 2 is 1.71 bits per heavy atom. The Balaban J connectivity index is 3.82. The molecule has 0 saturated carbocycles. The summed E-state index contributed by atoms with van der Waals surface area (Å²) in [4.78, 5) is 0. The lowest BCUT2D eigenvalue weighted by Crippen LogP contribution is -2.22. The number of nitrogens with one attached hydrogen (secondary N) is 1. The molecule has 0 fully saturated rings. The molecule has 1 atom stereocenters. The fourth-order valence-corrected chi connectivity index (χ4v) is 1.18. The molecule has 0 radical (unpaired) electrons. The van der Waals surface area contributed by atoms with E-state index in [9.17, 15) is 0 Å². The molecule has 0 bridgehead atoms. The zero-order valence-electron chi connectivity index (χ0n) is 9.25. The van der Waals surface area contributed by atoms with Gasteiger partial charge in [0, 0.05) is 31.8 Å². The van der Waals surface area contributed by atoms with Crippen molar-refractivity contribution in [2.24, 2.45) is 0 Å². The van der Waals surface area contributed by atoms with Gasteiger partial charge in [-0.25, -0.2) is 0 Å². The molecule has 0 saturated heterocycles. The van der Waals surface area contributed by atoms with Gasteiger partial charge in [0.05, 0.1) is 6.10 Å². The smallest absolute Gasteiger partial charge is 0.162 e. The molecule has 2 N–H and O–H groups in total. The first-order valence-electron chi connectivity index (χ1n) is 5.07. The second-order valence-electron chi connectivity index (χ2n) is 3.20. The lowest BCUT2D eigenvalue weighted by atomic mass is 10.1. The van der Waals surface area contributed by atoms with Crippen molar-refractivity contribution in [2.75, 3.05) is 13.2 Å². The van der Waals surface area contributed by atoms with E-state index in [4.69, 9.17) is 20.0 Å². The van der Waals surface area contributed by atoms with Crippen LogP contribution in [0.5, 0.6) is 0 Å². The van der Waals surface area contributed by atoms with Gasteiger partial charge in [-0.05, 0) is 20.8 Å². The van der Waals surface area contributed by atoms with E-state index in [1.54, 1.807) is 6.92 Å². The van der Waals surface area contributed by atoms with Crippen LogP contribution in [0, 0.1) is 5.41 Å². The van der Waals surface area contributed by atoms with Crippen LogP contribution in [0.4, 0.5) is 0 Å². The number of hydrogen-bond acceptors (Lipinski definition) is 4. The Bertz CT molecular complexity index is 153. The van der Waals surface area contributed by atoms with Gasteiger partial charge in [-0.1, -0.05) is 0 Å². The van der Waals surface area contributed by atoms with Gasteiger partial charge in [-0.15, -0.1) is 0 Å². The Labute approximate surface area is 85.7 Å². The second kappa shape index (κ2) is 7.91. The van der Waals surface area contributed by atoms with Gasteiger partial charge in [0.25, 0.3) is 0 Å². The summed E-state index contributed by atoms with van der Waals surface area (Å²) in [5.74, 6) is 0. The summed E-state index contributed by atoms with van der Waals surface area (Å²) in [6.45, 7) is 6.61. The van der Waals surface area contributed by atoms with Crippen LogP contribution in [0.2, 0.25) is 0 Å². The molecule has 0 aliphatic rings. The first-order chi connectivity index (χ1) is 6.60. The number of aliphatic hydroxyl groups excluding tert-OH is 1. The summed E-state index contributed by atoms with van der Waals surface area (Å²) in [5, 5.41) is 16.7. The molecule has 0 aromatic carbocycles. The van der Waals surface area contributed by atoms with Crippen LogP contribution in [0.15, 0.2) is 0 Å². The zero-order chi connectivity index (χ0) is 11.0. The molecule has 14 heavy (non-hydrogen) atoms. The van der Waals surface area contributed by atoms with Crippen molar-refractivity contribution < 1.29 is 14.6 Å². The van der Waals surface area contributed by atoms with Crippen molar-refractivity contribution in [2.45, 2.75) is 46.0 Å². The molecule has 4 heteroatoms. The molecule has 84 valence electrons. The summed E-state index contributed by atoms with van der Waals surface area (Å²) >= 11 is 0. The molecule has 4 nitrogen and oxygen atoms in total. The highest BCUT2D eigenvalue weighted by Gasteiger charge is 2.12. The average molecular weight is 203 g/mol. The fraction of sp³-hybridized carbons (Fsp3) is 0.900. The number of aliphatic hydroxyl groups is 1. The molecule has 0 amide bonds. The molecule has 0 heterocycles. The quantitative estimate of drug-likeness (QED) is 0.465. The highest BCUT2D eigenvalue weighted by molar-refractivity contribution is 5.82. The molecule has 0 aromatic rings. The largest absolute Gasteiger partial charge is 0.393 e. The van der Waals surface area contributed by atoms with Gasteiger partial charge < -0.3 is 20.0 Å². The van der Waals surface area contributed by atoms with E-state index < -0.39 is 6.10 Å². The van der Waals surface area contributed by atoms with Crippen molar-refractivity contribution in [3.63, 3.8) is 0 Å². The van der Waals surface area contributed by atoms with E-state index in [-0.39, 0.29) is 6.29 Å². The zero-order valence-corrected chi connectivity index (χ0v) is 9.25. The molecule has 0 aliphatic carbocycles. The fourth-order valence-electron chi connectivity index (χ4n) is 1.18. The Kier molecular flexibility index (Phi) is 7.65. The predicted octanol–water partition coefficient (Wildman–Crippen LogP) is 1.57. The number of ether oxygens (including phenoxy) is 2. The molecular formula is C10H21NO3. The van der Waals surface area contributed by atoms with Crippen LogP contribution in [0.3, 0.4) is 0 Å². The molecule has 0 spiro atoms. The van der Waals surface area contributed by atoms with Crippen LogP contribution < -0.4 is 0 Å². The second-order valence-corrected chi connectivity index (χ2v) is 3.20. The van der Waals surface area contributed by atoms with E-state index in [0.29, 0.717) is 31.8 Å². The minimum Gasteiger partial charge on any atom is -0.393 e. The van der Waals surface area contributed by atoms with Crippen LogP contribution in [0.1, 0.15) is 33.6 Å². The predicted molar refractivity (Wildman–Crippen MR) is 55.7 cm³/mol. The van der Waals surface area contributed by atoms with Crippen LogP contribution in [-0.4, -0.2) is 36.4 Å². The van der Waals surface area contributed by atoms with Gasteiger partial charge in [0.15, 0.2) is 6.29 Å². The maximum Gasteiger partial charge on any atom is 0.162 e. The highest BCUT2D eigenvalue weighted by Crippen LogP contribution is 2.05. The lowest BCUT2D eigenvalue weighted by molar-refractivity contribution is -0.130. The Morgan fingerprint density at radius 3 is 2.07 bits per heavy atom. The van der Waals surface area contributed by atoms with E-state index >= 15 is 0 Å². The average Bonchev–Trinajstić information content (AvgIpc) is 2.03. The molecular weight excluding hydrogens is 182 g/mol. The van der Waals surface area contributed by atoms with Crippen molar-refractivity contribution in [3.8, 4) is 0 Å². The van der Waals surface area contributed by atoms with Crippen molar-refractivity contribution in [3.05, 3.63) is 0 Å². The third-order valence-corrected chi connectivity index (χ3v) is 1.66. The van der Waals surface area contributed by atoms with Crippen molar-refractivity contribution in [1.29, 1.82) is 5.41 Å².